The summed E-state index contributed by atoms with van der Waals surface area (Å²) in [5.41, 5.74) is 8.22. The van der Waals surface area contributed by atoms with E-state index >= 15 is 0 Å². The Kier molecular flexibility index (Phi) is 4.35. The quantitative estimate of drug-likeness (QED) is 0.920. The van der Waals surface area contributed by atoms with Crippen LogP contribution in [0.2, 0.25) is 0 Å². The fraction of sp³-hybridized carbons (Fsp3) is 0.250. The van der Waals surface area contributed by atoms with Gasteiger partial charge in [0.25, 0.3) is 0 Å². The third-order valence-corrected chi connectivity index (χ3v) is 3.15. The zero-order valence-electron chi connectivity index (χ0n) is 11.5. The number of hydrogen-bond donors (Lipinski definition) is 1. The van der Waals surface area contributed by atoms with Gasteiger partial charge in [0.15, 0.2) is 0 Å². The Hall–Kier alpha value is -1.94. The summed E-state index contributed by atoms with van der Waals surface area (Å²) in [6, 6.07) is 8.52. The predicted molar refractivity (Wildman–Crippen MR) is 74.5 cm³/mol. The van der Waals surface area contributed by atoms with Gasteiger partial charge in [0.05, 0.1) is 0 Å². The first-order valence-electron chi connectivity index (χ1n) is 6.40. The van der Waals surface area contributed by atoms with Crippen molar-refractivity contribution in [1.29, 1.82) is 0 Å². The van der Waals surface area contributed by atoms with E-state index in [1.54, 1.807) is 19.1 Å². The number of ether oxygens (including phenoxy) is 1. The lowest BCUT2D eigenvalue weighted by Gasteiger charge is -2.15. The second-order valence-corrected chi connectivity index (χ2v) is 4.83. The van der Waals surface area contributed by atoms with E-state index in [4.69, 9.17) is 10.5 Å². The van der Waals surface area contributed by atoms with E-state index < -0.39 is 0 Å². The molecule has 0 saturated carbocycles. The molecule has 2 rings (SSSR count). The summed E-state index contributed by atoms with van der Waals surface area (Å²) in [6.45, 7) is 3.86. The van der Waals surface area contributed by atoms with Crippen molar-refractivity contribution in [2.24, 2.45) is 5.73 Å². The van der Waals surface area contributed by atoms with Gasteiger partial charge in [-0.05, 0) is 43.2 Å². The first-order chi connectivity index (χ1) is 9.47. The molecule has 2 aromatic carbocycles. The second-order valence-electron chi connectivity index (χ2n) is 4.83. The van der Waals surface area contributed by atoms with Crippen molar-refractivity contribution in [2.75, 3.05) is 0 Å². The van der Waals surface area contributed by atoms with Crippen molar-refractivity contribution in [1.82, 2.24) is 0 Å². The van der Waals surface area contributed by atoms with Gasteiger partial charge in [-0.25, -0.2) is 8.78 Å². The maximum atomic E-state index is 13.3. The lowest BCUT2D eigenvalue weighted by molar-refractivity contribution is 0.299. The topological polar surface area (TPSA) is 35.2 Å². The van der Waals surface area contributed by atoms with Gasteiger partial charge in [-0.2, -0.15) is 0 Å². The smallest absolute Gasteiger partial charge is 0.127 e. The highest BCUT2D eigenvalue weighted by Crippen LogP contribution is 2.26. The van der Waals surface area contributed by atoms with Crippen LogP contribution in [0, 0.1) is 18.6 Å². The number of rotatable bonds is 4. The summed E-state index contributed by atoms with van der Waals surface area (Å²) < 4.78 is 32.0. The molecule has 0 radical (unpaired) electrons. The first kappa shape index (κ1) is 14.5. The van der Waals surface area contributed by atoms with Gasteiger partial charge < -0.3 is 10.5 Å². The third kappa shape index (κ3) is 3.33. The zero-order valence-corrected chi connectivity index (χ0v) is 11.5. The van der Waals surface area contributed by atoms with Gasteiger partial charge in [0.2, 0.25) is 0 Å². The molecule has 0 aromatic heterocycles. The van der Waals surface area contributed by atoms with Gasteiger partial charge in [-0.3, -0.25) is 0 Å². The molecule has 4 heteroatoms. The molecule has 0 fully saturated rings. The highest BCUT2D eigenvalue weighted by Gasteiger charge is 2.10. The molecule has 0 saturated heterocycles. The van der Waals surface area contributed by atoms with E-state index in [-0.39, 0.29) is 24.3 Å². The fourth-order valence-electron chi connectivity index (χ4n) is 1.99. The number of aryl methyl sites for hydroxylation is 1. The molecule has 0 unspecified atom stereocenters. The minimum absolute atomic E-state index is 0.245. The second kappa shape index (κ2) is 6.01. The maximum absolute atomic E-state index is 13.3. The summed E-state index contributed by atoms with van der Waals surface area (Å²) in [6.07, 6.45) is 0. The Bertz CT molecular complexity index is 611. The van der Waals surface area contributed by atoms with Crippen LogP contribution in [0.4, 0.5) is 8.78 Å². The molecule has 2 aromatic rings. The number of benzene rings is 2. The fourth-order valence-corrected chi connectivity index (χ4v) is 1.99. The molecule has 0 aliphatic rings. The van der Waals surface area contributed by atoms with Crippen molar-refractivity contribution in [3.63, 3.8) is 0 Å². The molecule has 0 bridgehead atoms. The van der Waals surface area contributed by atoms with Gasteiger partial charge in [-0.1, -0.05) is 12.1 Å². The number of nitrogens with two attached hydrogens (primary N) is 1. The van der Waals surface area contributed by atoms with Crippen LogP contribution >= 0.6 is 0 Å². The lowest BCUT2D eigenvalue weighted by atomic mass is 10.1. The van der Waals surface area contributed by atoms with Crippen molar-refractivity contribution in [3.05, 3.63) is 64.7 Å². The van der Waals surface area contributed by atoms with Crippen LogP contribution in [0.1, 0.15) is 29.7 Å². The Labute approximate surface area is 117 Å². The van der Waals surface area contributed by atoms with Crippen LogP contribution in [0.3, 0.4) is 0 Å². The van der Waals surface area contributed by atoms with Gasteiger partial charge in [0, 0.05) is 17.7 Å². The Balaban J connectivity index is 2.20. The molecule has 2 N–H and O–H groups in total. The molecule has 2 nitrogen and oxygen atoms in total. The van der Waals surface area contributed by atoms with Crippen LogP contribution in [-0.2, 0) is 6.61 Å². The zero-order chi connectivity index (χ0) is 14.7. The molecule has 20 heavy (non-hydrogen) atoms. The third-order valence-electron chi connectivity index (χ3n) is 3.15. The van der Waals surface area contributed by atoms with Crippen LogP contribution in [0.25, 0.3) is 0 Å². The molecule has 106 valence electrons. The Morgan fingerprint density at radius 2 is 1.75 bits per heavy atom. The Morgan fingerprint density at radius 3 is 2.40 bits per heavy atom. The average molecular weight is 277 g/mol. The van der Waals surface area contributed by atoms with Crippen LogP contribution in [0.15, 0.2) is 36.4 Å². The average Bonchev–Trinajstić information content (AvgIpc) is 2.37. The van der Waals surface area contributed by atoms with Crippen LogP contribution in [-0.4, -0.2) is 0 Å². The lowest BCUT2D eigenvalue weighted by Crippen LogP contribution is -2.08. The van der Waals surface area contributed by atoms with E-state index in [1.165, 1.54) is 24.3 Å². The standard InChI is InChI=1S/C16H17F2NO/c1-10-7-13(17)4-3-12(10)9-20-16-8-14(18)5-6-15(16)11(2)19/h3-8,11H,9,19H2,1-2H3/t11-/m1/s1. The number of halogens is 2. The summed E-state index contributed by atoms with van der Waals surface area (Å²) in [5, 5.41) is 0. The van der Waals surface area contributed by atoms with E-state index in [2.05, 4.69) is 0 Å². The minimum Gasteiger partial charge on any atom is -0.488 e. The SMILES string of the molecule is Cc1cc(F)ccc1COc1cc(F)ccc1[C@@H](C)N. The van der Waals surface area contributed by atoms with Crippen LogP contribution in [0.5, 0.6) is 5.75 Å². The molecule has 0 heterocycles. The summed E-state index contributed by atoms with van der Waals surface area (Å²) in [5.74, 6) is -0.239. The van der Waals surface area contributed by atoms with Gasteiger partial charge in [0.1, 0.15) is 24.0 Å². The summed E-state index contributed by atoms with van der Waals surface area (Å²) in [7, 11) is 0. The summed E-state index contributed by atoms with van der Waals surface area (Å²) >= 11 is 0. The summed E-state index contributed by atoms with van der Waals surface area (Å²) in [4.78, 5) is 0. The van der Waals surface area contributed by atoms with Crippen molar-refractivity contribution < 1.29 is 13.5 Å². The monoisotopic (exact) mass is 277 g/mol. The van der Waals surface area contributed by atoms with Crippen LogP contribution < -0.4 is 10.5 Å². The molecule has 0 aliphatic heterocycles. The highest BCUT2D eigenvalue weighted by molar-refractivity contribution is 5.36. The van der Waals surface area contributed by atoms with E-state index in [9.17, 15) is 8.78 Å². The van der Waals surface area contributed by atoms with E-state index in [1.807, 2.05) is 6.92 Å². The van der Waals surface area contributed by atoms with E-state index in [0.29, 0.717) is 5.75 Å². The number of hydrogen-bond acceptors (Lipinski definition) is 2. The maximum Gasteiger partial charge on any atom is 0.127 e. The molecule has 0 spiro atoms. The minimum atomic E-state index is -0.375. The highest BCUT2D eigenvalue weighted by atomic mass is 19.1. The molecule has 0 amide bonds. The van der Waals surface area contributed by atoms with Crippen molar-refractivity contribution in [2.45, 2.75) is 26.5 Å². The largest absolute Gasteiger partial charge is 0.488 e. The normalized spacial score (nSPS) is 12.2. The molecular weight excluding hydrogens is 260 g/mol. The predicted octanol–water partition coefficient (Wildman–Crippen LogP) is 3.87. The molecule has 0 aliphatic carbocycles. The molecular formula is C16H17F2NO. The van der Waals surface area contributed by atoms with Crippen molar-refractivity contribution >= 4 is 0 Å². The van der Waals surface area contributed by atoms with Gasteiger partial charge >= 0.3 is 0 Å². The Morgan fingerprint density at radius 1 is 1.10 bits per heavy atom. The van der Waals surface area contributed by atoms with Crippen molar-refractivity contribution in [3.8, 4) is 5.75 Å². The van der Waals surface area contributed by atoms with E-state index in [0.717, 1.165) is 16.7 Å². The molecule has 1 atom stereocenters. The van der Waals surface area contributed by atoms with Gasteiger partial charge in [-0.15, -0.1) is 0 Å². The first-order valence-corrected chi connectivity index (χ1v) is 6.40.